The van der Waals surface area contributed by atoms with E-state index in [0.29, 0.717) is 4.57 Å². The summed E-state index contributed by atoms with van der Waals surface area (Å²) in [7, 11) is -15.0. The van der Waals surface area contributed by atoms with Gasteiger partial charge in [-0.05, 0) is 29.9 Å². The van der Waals surface area contributed by atoms with Gasteiger partial charge in [0.05, 0.1) is 17.6 Å². The average molecular weight is 737 g/mol. The van der Waals surface area contributed by atoms with Gasteiger partial charge in [0, 0.05) is 18.0 Å². The number of nitrogens with one attached hydrogen (secondary N) is 1. The van der Waals surface area contributed by atoms with Crippen molar-refractivity contribution >= 4 is 35.3 Å². The Morgan fingerprint density at radius 1 is 0.891 bits per heavy atom. The molecule has 0 spiro atoms. The Bertz CT molecular complexity index is 1700. The molecule has 1 aromatic heterocycles. The number of aryl methyl sites for hydroxylation is 1. The number of rotatable bonds is 12. The molecule has 11 unspecified atom stereocenters. The monoisotopic (exact) mass is 736 g/mol. The Labute approximate surface area is 262 Å². The van der Waals surface area contributed by atoms with Gasteiger partial charge in [-0.3, -0.25) is 23.4 Å². The zero-order chi connectivity index (χ0) is 34.2. The lowest BCUT2D eigenvalue weighted by molar-refractivity contribution is -0.270. The van der Waals surface area contributed by atoms with Crippen molar-refractivity contribution in [2.75, 3.05) is 12.4 Å². The molecule has 2 aliphatic rings. The number of H-pyrrole nitrogens is 1. The zero-order valence-corrected chi connectivity index (χ0v) is 26.8. The summed E-state index contributed by atoms with van der Waals surface area (Å²) >= 11 is 0. The number of hydrogen-bond donors (Lipinski definition) is 8. The first-order chi connectivity index (χ1) is 21.3. The van der Waals surface area contributed by atoms with Crippen LogP contribution in [-0.4, -0.2) is 115 Å². The molecule has 0 amide bonds. The number of aromatic nitrogens is 2. The lowest BCUT2D eigenvalue weighted by Crippen LogP contribution is -2.58. The highest BCUT2D eigenvalue weighted by atomic mass is 33.1. The van der Waals surface area contributed by atoms with Gasteiger partial charge in [0.2, 0.25) is 8.87 Å². The topological polar surface area (TPSA) is 311 Å². The number of aliphatic hydroxyl groups is 5. The SMILES string of the molecule is Cc1ccc(S(=O)(=O)SCC2OC(OP(=O)(O)OP(=O)(O)OCC3OC(n4ccc(=O)[nH]c4=O)C(O)C3O)C(O)C(O)C2O)cc1. The Balaban J connectivity index is 1.36. The molecule has 2 fully saturated rings. The van der Waals surface area contributed by atoms with E-state index in [-0.39, 0.29) is 15.7 Å². The molecule has 0 bridgehead atoms. The second kappa shape index (κ2) is 14.3. The summed E-state index contributed by atoms with van der Waals surface area (Å²) in [6.45, 7) is 0.674. The van der Waals surface area contributed by atoms with Crippen LogP contribution in [0.2, 0.25) is 0 Å². The van der Waals surface area contributed by atoms with Gasteiger partial charge in [-0.15, -0.1) is 0 Å². The van der Waals surface area contributed by atoms with Gasteiger partial charge < -0.3 is 44.8 Å². The van der Waals surface area contributed by atoms with Crippen LogP contribution in [0.3, 0.4) is 0 Å². The van der Waals surface area contributed by atoms with Crippen molar-refractivity contribution in [1.82, 2.24) is 9.55 Å². The summed E-state index contributed by atoms with van der Waals surface area (Å²) in [5.41, 5.74) is -0.989. The lowest BCUT2D eigenvalue weighted by Gasteiger charge is -2.40. The van der Waals surface area contributed by atoms with Gasteiger partial charge in [-0.1, -0.05) is 17.7 Å². The summed E-state index contributed by atoms with van der Waals surface area (Å²) in [5.74, 6) is -0.568. The van der Waals surface area contributed by atoms with Crippen LogP contribution in [0.25, 0.3) is 0 Å². The molecule has 46 heavy (non-hydrogen) atoms. The molecule has 8 N–H and O–H groups in total. The van der Waals surface area contributed by atoms with Crippen LogP contribution in [0.4, 0.5) is 0 Å². The number of ether oxygens (including phenoxy) is 2. The molecule has 0 radical (unpaired) electrons. The summed E-state index contributed by atoms with van der Waals surface area (Å²) < 4.78 is 74.8. The minimum absolute atomic E-state index is 0.0837. The van der Waals surface area contributed by atoms with Crippen LogP contribution in [0.5, 0.6) is 0 Å². The molecule has 11 atom stereocenters. The predicted octanol–water partition coefficient (Wildman–Crippen LogP) is -2.36. The van der Waals surface area contributed by atoms with Crippen molar-refractivity contribution in [3.8, 4) is 0 Å². The van der Waals surface area contributed by atoms with E-state index in [1.807, 2.05) is 4.98 Å². The molecule has 24 heteroatoms. The maximum Gasteiger partial charge on any atom is 0.483 e. The molecule has 1 aromatic carbocycles. The van der Waals surface area contributed by atoms with E-state index in [1.54, 1.807) is 19.1 Å². The highest BCUT2D eigenvalue weighted by Crippen LogP contribution is 2.61. The first-order valence-electron chi connectivity index (χ1n) is 13.0. The highest BCUT2D eigenvalue weighted by Gasteiger charge is 2.50. The van der Waals surface area contributed by atoms with E-state index >= 15 is 0 Å². The Morgan fingerprint density at radius 3 is 2.15 bits per heavy atom. The van der Waals surface area contributed by atoms with Crippen LogP contribution in [0.1, 0.15) is 11.8 Å². The van der Waals surface area contributed by atoms with E-state index in [0.717, 1.165) is 17.8 Å². The smallest absolute Gasteiger partial charge is 0.388 e. The Kier molecular flexibility index (Phi) is 11.5. The first-order valence-corrected chi connectivity index (χ1v) is 19.0. The summed E-state index contributed by atoms with van der Waals surface area (Å²) in [6, 6.07) is 6.69. The van der Waals surface area contributed by atoms with Gasteiger partial charge in [0.25, 0.3) is 5.56 Å². The minimum atomic E-state index is -5.73. The first kappa shape index (κ1) is 37.0. The number of hydrogen-bond acceptors (Lipinski definition) is 17. The standard InChI is InChI=1S/C22H30N2O18P2S2/c1-10-2-4-11(5-3-10)46(36,37)45-9-13-16(27)17(28)19(30)21(40-13)41-44(34,35)42-43(32,33)38-8-12-15(26)18(29)20(39-12)24-7-6-14(25)23-22(24)31/h2-7,12-13,15-21,26-30H,8-9H2,1H3,(H,32,33)(H,34,35)(H,23,25,31). The Morgan fingerprint density at radius 2 is 1.52 bits per heavy atom. The normalized spacial score (nSPS) is 32.9. The molecular formula is C22H30N2O18P2S2. The number of aromatic amines is 1. The number of phosphoric acid groups is 2. The van der Waals surface area contributed by atoms with Crippen LogP contribution in [-0.2, 0) is 40.8 Å². The summed E-state index contributed by atoms with van der Waals surface area (Å²) in [5, 5.41) is 51.2. The molecule has 4 rings (SSSR count). The molecule has 2 saturated heterocycles. The van der Waals surface area contributed by atoms with E-state index < -0.39 is 103 Å². The largest absolute Gasteiger partial charge is 0.483 e. The fraction of sp³-hybridized carbons (Fsp3) is 0.545. The van der Waals surface area contributed by atoms with E-state index in [4.69, 9.17) is 9.47 Å². The Hall–Kier alpha value is -1.82. The van der Waals surface area contributed by atoms with Gasteiger partial charge >= 0.3 is 21.3 Å². The van der Waals surface area contributed by atoms with Gasteiger partial charge in [0.1, 0.15) is 36.6 Å². The molecular weight excluding hydrogens is 706 g/mol. The minimum Gasteiger partial charge on any atom is -0.388 e. The predicted molar refractivity (Wildman–Crippen MR) is 153 cm³/mol. The van der Waals surface area contributed by atoms with Crippen molar-refractivity contribution in [1.29, 1.82) is 0 Å². The van der Waals surface area contributed by atoms with Crippen LogP contribution >= 0.6 is 26.4 Å². The zero-order valence-electron chi connectivity index (χ0n) is 23.4. The number of nitrogens with zero attached hydrogens (tertiary/aromatic N) is 1. The van der Waals surface area contributed by atoms with Crippen LogP contribution in [0.15, 0.2) is 51.0 Å². The second-order valence-corrected chi connectivity index (χ2v) is 17.0. The molecule has 2 aromatic rings. The summed E-state index contributed by atoms with van der Waals surface area (Å²) in [4.78, 5) is 45.2. The molecule has 0 saturated carbocycles. The highest BCUT2D eigenvalue weighted by molar-refractivity contribution is 8.72. The van der Waals surface area contributed by atoms with Crippen LogP contribution < -0.4 is 11.2 Å². The maximum absolute atomic E-state index is 12.7. The number of benzene rings is 1. The third-order valence-corrected chi connectivity index (χ3v) is 12.8. The van der Waals surface area contributed by atoms with Crippen molar-refractivity contribution in [3.63, 3.8) is 0 Å². The van der Waals surface area contributed by atoms with Gasteiger partial charge in [-0.2, -0.15) is 4.31 Å². The molecule has 258 valence electrons. The average Bonchev–Trinajstić information content (AvgIpc) is 3.24. The fourth-order valence-corrected chi connectivity index (χ4v) is 9.30. The third-order valence-electron chi connectivity index (χ3n) is 6.67. The summed E-state index contributed by atoms with van der Waals surface area (Å²) in [6.07, 6.45) is -16.0. The quantitative estimate of drug-likeness (QED) is 0.0835. The maximum atomic E-state index is 12.7. The second-order valence-electron chi connectivity index (χ2n) is 10.1. The van der Waals surface area contributed by atoms with Gasteiger partial charge in [0.15, 0.2) is 12.5 Å². The van der Waals surface area contributed by atoms with E-state index in [1.165, 1.54) is 12.1 Å². The van der Waals surface area contributed by atoms with Crippen LogP contribution in [0, 0.1) is 6.92 Å². The van der Waals surface area contributed by atoms with Crippen molar-refractivity contribution in [2.45, 2.75) is 67.1 Å². The fourth-order valence-electron chi connectivity index (χ4n) is 4.27. The third kappa shape index (κ3) is 8.80. The van der Waals surface area contributed by atoms with E-state index in [9.17, 15) is 62.5 Å². The number of aliphatic hydroxyl groups excluding tert-OH is 5. The molecule has 3 heterocycles. The van der Waals surface area contributed by atoms with Crippen molar-refractivity contribution < 1.29 is 75.7 Å². The van der Waals surface area contributed by atoms with E-state index in [2.05, 4.69) is 13.4 Å². The van der Waals surface area contributed by atoms with Crippen molar-refractivity contribution in [2.24, 2.45) is 0 Å². The molecule has 20 nitrogen and oxygen atoms in total. The molecule has 2 aliphatic heterocycles. The lowest BCUT2D eigenvalue weighted by atomic mass is 10.0. The van der Waals surface area contributed by atoms with Crippen molar-refractivity contribution in [3.05, 3.63) is 62.9 Å². The number of phosphoric ester groups is 2. The van der Waals surface area contributed by atoms with Gasteiger partial charge in [-0.25, -0.2) is 22.3 Å². The molecule has 0 aliphatic carbocycles.